The summed E-state index contributed by atoms with van der Waals surface area (Å²) < 4.78 is 1.06. The number of aromatic hydroxyl groups is 1. The van der Waals surface area contributed by atoms with E-state index < -0.39 is 0 Å². The van der Waals surface area contributed by atoms with Crippen molar-refractivity contribution < 1.29 is 5.11 Å². The molecule has 0 saturated heterocycles. The van der Waals surface area contributed by atoms with Crippen molar-refractivity contribution in [3.8, 4) is 5.75 Å². The Morgan fingerprint density at radius 2 is 2.23 bits per heavy atom. The zero-order valence-electron chi connectivity index (χ0n) is 7.37. The van der Waals surface area contributed by atoms with Crippen LogP contribution in [0.1, 0.15) is 11.8 Å². The van der Waals surface area contributed by atoms with Gasteiger partial charge in [-0.05, 0) is 18.6 Å². The van der Waals surface area contributed by atoms with Gasteiger partial charge in [0.1, 0.15) is 5.75 Å². The van der Waals surface area contributed by atoms with Crippen molar-refractivity contribution in [3.05, 3.63) is 23.1 Å². The molecule has 0 spiro atoms. The lowest BCUT2D eigenvalue weighted by Gasteiger charge is -1.96. The number of anilines is 1. The summed E-state index contributed by atoms with van der Waals surface area (Å²) in [5, 5.41) is 10.6. The highest BCUT2D eigenvalue weighted by Crippen LogP contribution is 2.39. The molecule has 2 rings (SSSR count). The maximum Gasteiger partial charge on any atom is 0.139 e. The van der Waals surface area contributed by atoms with Crippen LogP contribution in [0, 0.1) is 0 Å². The molecular formula is C10H11NOS. The predicted octanol–water partition coefficient (Wildman–Crippen LogP) is 2.75. The summed E-state index contributed by atoms with van der Waals surface area (Å²) in [6.07, 6.45) is 0.852. The van der Waals surface area contributed by atoms with E-state index in [0.717, 1.165) is 21.4 Å². The van der Waals surface area contributed by atoms with Gasteiger partial charge >= 0.3 is 0 Å². The van der Waals surface area contributed by atoms with Gasteiger partial charge in [0.05, 0.1) is 5.39 Å². The van der Waals surface area contributed by atoms with Gasteiger partial charge in [-0.25, -0.2) is 0 Å². The molecule has 0 unspecified atom stereocenters. The number of benzene rings is 1. The average molecular weight is 193 g/mol. The first-order valence-electron chi connectivity index (χ1n) is 4.23. The van der Waals surface area contributed by atoms with Crippen molar-refractivity contribution in [1.29, 1.82) is 0 Å². The zero-order valence-corrected chi connectivity index (χ0v) is 8.19. The van der Waals surface area contributed by atoms with Crippen LogP contribution >= 0.6 is 11.3 Å². The van der Waals surface area contributed by atoms with Crippen molar-refractivity contribution in [2.45, 2.75) is 13.3 Å². The third-order valence-electron chi connectivity index (χ3n) is 2.11. The van der Waals surface area contributed by atoms with Crippen LogP contribution in [0.5, 0.6) is 5.75 Å². The number of rotatable bonds is 1. The highest BCUT2D eigenvalue weighted by molar-refractivity contribution is 7.19. The van der Waals surface area contributed by atoms with Gasteiger partial charge < -0.3 is 10.8 Å². The number of hydrogen-bond donors (Lipinski definition) is 2. The van der Waals surface area contributed by atoms with Gasteiger partial charge in [-0.3, -0.25) is 0 Å². The summed E-state index contributed by atoms with van der Waals surface area (Å²) in [4.78, 5) is 1.01. The SMILES string of the molecule is CCc1sc2cccc(N)c2c1O. The fraction of sp³-hybridized carbons (Fsp3) is 0.200. The number of thiophene rings is 1. The van der Waals surface area contributed by atoms with Gasteiger partial charge in [-0.2, -0.15) is 0 Å². The Balaban J connectivity index is 2.85. The van der Waals surface area contributed by atoms with E-state index >= 15 is 0 Å². The second-order valence-electron chi connectivity index (χ2n) is 2.95. The number of nitrogen functional groups attached to an aromatic ring is 1. The Labute approximate surface area is 80.6 Å². The largest absolute Gasteiger partial charge is 0.506 e. The molecule has 0 bridgehead atoms. The molecule has 1 aromatic carbocycles. The molecule has 0 saturated carbocycles. The summed E-state index contributed by atoms with van der Waals surface area (Å²) in [6.45, 7) is 2.03. The summed E-state index contributed by atoms with van der Waals surface area (Å²) in [7, 11) is 0. The molecule has 0 atom stereocenters. The third kappa shape index (κ3) is 1.16. The first kappa shape index (κ1) is 8.38. The molecule has 3 heteroatoms. The summed E-state index contributed by atoms with van der Waals surface area (Å²) >= 11 is 1.61. The quantitative estimate of drug-likeness (QED) is 0.684. The fourth-order valence-electron chi connectivity index (χ4n) is 1.45. The van der Waals surface area contributed by atoms with Crippen molar-refractivity contribution >= 4 is 27.1 Å². The van der Waals surface area contributed by atoms with E-state index in [9.17, 15) is 5.11 Å². The standard InChI is InChI=1S/C10H11NOS/c1-2-7-10(12)9-6(11)4-3-5-8(9)13-7/h3-5,12H,2,11H2,1H3. The second kappa shape index (κ2) is 2.92. The Hall–Kier alpha value is -1.22. The van der Waals surface area contributed by atoms with Gasteiger partial charge in [0, 0.05) is 15.3 Å². The van der Waals surface area contributed by atoms with Crippen LogP contribution in [-0.4, -0.2) is 5.11 Å². The van der Waals surface area contributed by atoms with Gasteiger partial charge in [0.2, 0.25) is 0 Å². The van der Waals surface area contributed by atoms with Gasteiger partial charge in [0.25, 0.3) is 0 Å². The molecule has 0 amide bonds. The van der Waals surface area contributed by atoms with Crippen LogP contribution in [0.2, 0.25) is 0 Å². The van der Waals surface area contributed by atoms with E-state index in [1.54, 1.807) is 11.3 Å². The molecule has 1 aromatic heterocycles. The first-order valence-corrected chi connectivity index (χ1v) is 5.04. The predicted molar refractivity (Wildman–Crippen MR) is 57.3 cm³/mol. The Morgan fingerprint density at radius 3 is 2.85 bits per heavy atom. The van der Waals surface area contributed by atoms with E-state index in [2.05, 4.69) is 0 Å². The lowest BCUT2D eigenvalue weighted by molar-refractivity contribution is 0.478. The highest BCUT2D eigenvalue weighted by atomic mass is 32.1. The minimum Gasteiger partial charge on any atom is -0.506 e. The lowest BCUT2D eigenvalue weighted by Crippen LogP contribution is -1.83. The molecule has 0 aliphatic heterocycles. The van der Waals surface area contributed by atoms with E-state index in [-0.39, 0.29) is 0 Å². The lowest BCUT2D eigenvalue weighted by atomic mass is 10.2. The second-order valence-corrected chi connectivity index (χ2v) is 4.08. The van der Waals surface area contributed by atoms with Crippen molar-refractivity contribution in [3.63, 3.8) is 0 Å². The Morgan fingerprint density at radius 1 is 1.46 bits per heavy atom. The van der Waals surface area contributed by atoms with E-state index in [0.29, 0.717) is 11.4 Å². The van der Waals surface area contributed by atoms with Crippen molar-refractivity contribution in [2.24, 2.45) is 0 Å². The smallest absolute Gasteiger partial charge is 0.139 e. The van der Waals surface area contributed by atoms with Crippen LogP contribution in [0.3, 0.4) is 0 Å². The molecule has 0 aliphatic carbocycles. The monoisotopic (exact) mass is 193 g/mol. The summed E-state index contributed by atoms with van der Waals surface area (Å²) in [6, 6.07) is 5.70. The third-order valence-corrected chi connectivity index (χ3v) is 3.40. The molecule has 2 nitrogen and oxygen atoms in total. The maximum absolute atomic E-state index is 9.80. The Bertz CT molecular complexity index is 447. The maximum atomic E-state index is 9.80. The molecule has 0 aliphatic rings. The molecule has 0 radical (unpaired) electrons. The van der Waals surface area contributed by atoms with Crippen molar-refractivity contribution in [1.82, 2.24) is 0 Å². The molecule has 13 heavy (non-hydrogen) atoms. The first-order chi connectivity index (χ1) is 6.24. The normalized spacial score (nSPS) is 10.8. The summed E-state index contributed by atoms with van der Waals surface area (Å²) in [5.41, 5.74) is 6.43. The van der Waals surface area contributed by atoms with Gasteiger partial charge in [-0.1, -0.05) is 13.0 Å². The number of nitrogens with two attached hydrogens (primary N) is 1. The molecule has 1 heterocycles. The number of fused-ring (bicyclic) bond motifs is 1. The molecule has 0 fully saturated rings. The molecular weight excluding hydrogens is 182 g/mol. The average Bonchev–Trinajstić information content (AvgIpc) is 2.44. The van der Waals surface area contributed by atoms with Crippen LogP contribution in [-0.2, 0) is 6.42 Å². The molecule has 3 N–H and O–H groups in total. The minimum absolute atomic E-state index is 0.362. The van der Waals surface area contributed by atoms with Crippen LogP contribution < -0.4 is 5.73 Å². The number of aryl methyl sites for hydroxylation is 1. The minimum atomic E-state index is 0.362. The van der Waals surface area contributed by atoms with Gasteiger partial charge in [-0.15, -0.1) is 11.3 Å². The Kier molecular flexibility index (Phi) is 1.88. The van der Waals surface area contributed by atoms with E-state index in [1.807, 2.05) is 25.1 Å². The van der Waals surface area contributed by atoms with Crippen LogP contribution in [0.25, 0.3) is 10.1 Å². The molecule has 68 valence electrons. The van der Waals surface area contributed by atoms with Gasteiger partial charge in [0.15, 0.2) is 0 Å². The highest BCUT2D eigenvalue weighted by Gasteiger charge is 2.10. The summed E-state index contributed by atoms with van der Waals surface area (Å²) in [5.74, 6) is 0.362. The van der Waals surface area contributed by atoms with Crippen LogP contribution in [0.15, 0.2) is 18.2 Å². The zero-order chi connectivity index (χ0) is 9.42. The van der Waals surface area contributed by atoms with E-state index in [1.165, 1.54) is 0 Å². The fourth-order valence-corrected chi connectivity index (χ4v) is 2.52. The number of hydrogen-bond acceptors (Lipinski definition) is 3. The topological polar surface area (TPSA) is 46.2 Å². The molecule has 2 aromatic rings. The van der Waals surface area contributed by atoms with E-state index in [4.69, 9.17) is 5.73 Å². The van der Waals surface area contributed by atoms with Crippen molar-refractivity contribution in [2.75, 3.05) is 5.73 Å². The van der Waals surface area contributed by atoms with Crippen LogP contribution in [0.4, 0.5) is 5.69 Å².